The first-order valence-electron chi connectivity index (χ1n) is 3.92. The minimum Gasteiger partial charge on any atom is -0.506 e. The fourth-order valence-corrected chi connectivity index (χ4v) is 1.25. The Hall–Kier alpha value is -1.64. The van der Waals surface area contributed by atoms with Crippen molar-refractivity contribution >= 4 is 10.9 Å². The number of fused-ring (bicyclic) bond motifs is 1. The van der Waals surface area contributed by atoms with Crippen LogP contribution in [0.15, 0.2) is 24.4 Å². The molecule has 1 N–H and O–H groups in total. The van der Waals surface area contributed by atoms with Crippen molar-refractivity contribution in [2.24, 2.45) is 0 Å². The molecule has 0 spiro atoms. The van der Waals surface area contributed by atoms with E-state index < -0.39 is 0 Å². The third-order valence-corrected chi connectivity index (χ3v) is 1.95. The SMILES string of the molecule is Cc1cc2cc(O)cnc2cc1F. The van der Waals surface area contributed by atoms with Crippen molar-refractivity contribution in [1.82, 2.24) is 4.98 Å². The summed E-state index contributed by atoms with van der Waals surface area (Å²) in [4.78, 5) is 3.89. The molecule has 0 radical (unpaired) electrons. The maximum atomic E-state index is 13.0. The molecule has 0 aliphatic carbocycles. The van der Waals surface area contributed by atoms with E-state index in [4.69, 9.17) is 5.11 Å². The lowest BCUT2D eigenvalue weighted by Crippen LogP contribution is -1.85. The maximum Gasteiger partial charge on any atom is 0.134 e. The van der Waals surface area contributed by atoms with E-state index in [1.54, 1.807) is 19.1 Å². The Kier molecular flexibility index (Phi) is 1.65. The van der Waals surface area contributed by atoms with Crippen molar-refractivity contribution in [2.75, 3.05) is 0 Å². The number of pyridine rings is 1. The van der Waals surface area contributed by atoms with Crippen LogP contribution >= 0.6 is 0 Å². The average Bonchev–Trinajstić information content (AvgIpc) is 2.08. The van der Waals surface area contributed by atoms with Gasteiger partial charge in [0, 0.05) is 11.5 Å². The molecule has 0 saturated heterocycles. The van der Waals surface area contributed by atoms with Crippen LogP contribution < -0.4 is 0 Å². The lowest BCUT2D eigenvalue weighted by Gasteiger charge is -2.00. The second-order valence-corrected chi connectivity index (χ2v) is 2.99. The van der Waals surface area contributed by atoms with Crippen molar-refractivity contribution in [3.8, 4) is 5.75 Å². The number of aromatic hydroxyl groups is 1. The highest BCUT2D eigenvalue weighted by molar-refractivity contribution is 5.80. The molecule has 0 atom stereocenters. The van der Waals surface area contributed by atoms with Gasteiger partial charge in [0.25, 0.3) is 0 Å². The molecule has 13 heavy (non-hydrogen) atoms. The number of nitrogens with zero attached hydrogens (tertiary/aromatic N) is 1. The summed E-state index contributed by atoms with van der Waals surface area (Å²) in [7, 11) is 0. The Labute approximate surface area is 74.7 Å². The summed E-state index contributed by atoms with van der Waals surface area (Å²) in [5.41, 5.74) is 1.11. The van der Waals surface area contributed by atoms with Crippen LogP contribution in [0.1, 0.15) is 5.56 Å². The van der Waals surface area contributed by atoms with Gasteiger partial charge in [0.15, 0.2) is 0 Å². The van der Waals surface area contributed by atoms with Crippen molar-refractivity contribution < 1.29 is 9.50 Å². The highest BCUT2D eigenvalue weighted by Crippen LogP contribution is 2.20. The molecule has 1 heterocycles. The van der Waals surface area contributed by atoms with Gasteiger partial charge in [-0.05, 0) is 24.6 Å². The van der Waals surface area contributed by atoms with Gasteiger partial charge in [-0.2, -0.15) is 0 Å². The highest BCUT2D eigenvalue weighted by atomic mass is 19.1. The van der Waals surface area contributed by atoms with Crippen LogP contribution in [0.4, 0.5) is 4.39 Å². The zero-order valence-electron chi connectivity index (χ0n) is 7.08. The second-order valence-electron chi connectivity index (χ2n) is 2.99. The van der Waals surface area contributed by atoms with E-state index in [1.807, 2.05) is 0 Å². The molecule has 0 saturated carbocycles. The van der Waals surface area contributed by atoms with E-state index in [0.29, 0.717) is 11.1 Å². The molecular weight excluding hydrogens is 169 g/mol. The molecule has 2 rings (SSSR count). The fourth-order valence-electron chi connectivity index (χ4n) is 1.25. The van der Waals surface area contributed by atoms with Crippen molar-refractivity contribution in [1.29, 1.82) is 0 Å². The number of benzene rings is 1. The smallest absolute Gasteiger partial charge is 0.134 e. The van der Waals surface area contributed by atoms with Gasteiger partial charge >= 0.3 is 0 Å². The van der Waals surface area contributed by atoms with E-state index in [0.717, 1.165) is 5.39 Å². The van der Waals surface area contributed by atoms with Crippen LogP contribution in [0.2, 0.25) is 0 Å². The molecule has 0 fully saturated rings. The van der Waals surface area contributed by atoms with E-state index >= 15 is 0 Å². The number of hydrogen-bond acceptors (Lipinski definition) is 2. The maximum absolute atomic E-state index is 13.0. The van der Waals surface area contributed by atoms with Gasteiger partial charge in [0.2, 0.25) is 0 Å². The first kappa shape index (κ1) is 7.98. The summed E-state index contributed by atoms with van der Waals surface area (Å²) in [6.07, 6.45) is 1.30. The molecular formula is C10H8FNO. The second kappa shape index (κ2) is 2.69. The van der Waals surface area contributed by atoms with Gasteiger partial charge < -0.3 is 5.11 Å². The zero-order valence-corrected chi connectivity index (χ0v) is 7.08. The Balaban J connectivity index is 2.81. The van der Waals surface area contributed by atoms with E-state index in [9.17, 15) is 4.39 Å². The summed E-state index contributed by atoms with van der Waals surface area (Å²) in [5, 5.41) is 9.88. The number of aryl methyl sites for hydroxylation is 1. The Morgan fingerprint density at radius 2 is 2.08 bits per heavy atom. The number of aromatic nitrogens is 1. The molecule has 0 aliphatic heterocycles. The largest absolute Gasteiger partial charge is 0.506 e. The Morgan fingerprint density at radius 3 is 2.85 bits per heavy atom. The standard InChI is InChI=1S/C10H8FNO/c1-6-2-7-3-8(13)5-12-10(7)4-9(6)11/h2-5,13H,1H3. The monoisotopic (exact) mass is 177 g/mol. The molecule has 3 heteroatoms. The van der Waals surface area contributed by atoms with E-state index in [2.05, 4.69) is 4.98 Å². The predicted molar refractivity (Wildman–Crippen MR) is 48.1 cm³/mol. The van der Waals surface area contributed by atoms with E-state index in [1.165, 1.54) is 12.3 Å². The van der Waals surface area contributed by atoms with Gasteiger partial charge in [0.05, 0.1) is 11.7 Å². The topological polar surface area (TPSA) is 33.1 Å². The van der Waals surface area contributed by atoms with Gasteiger partial charge in [0.1, 0.15) is 11.6 Å². The molecule has 0 bridgehead atoms. The molecule has 2 aromatic rings. The first-order valence-corrected chi connectivity index (χ1v) is 3.92. The lowest BCUT2D eigenvalue weighted by atomic mass is 10.1. The van der Waals surface area contributed by atoms with Crippen molar-refractivity contribution in [3.63, 3.8) is 0 Å². The van der Waals surface area contributed by atoms with Gasteiger partial charge in [-0.15, -0.1) is 0 Å². The van der Waals surface area contributed by atoms with Crippen LogP contribution in [-0.2, 0) is 0 Å². The number of hydrogen-bond donors (Lipinski definition) is 1. The fraction of sp³-hybridized carbons (Fsp3) is 0.100. The molecule has 0 unspecified atom stereocenters. The lowest BCUT2D eigenvalue weighted by molar-refractivity contribution is 0.474. The first-order chi connectivity index (χ1) is 6.16. The van der Waals surface area contributed by atoms with Crippen LogP contribution in [0, 0.1) is 12.7 Å². The van der Waals surface area contributed by atoms with Crippen LogP contribution in [0.5, 0.6) is 5.75 Å². The Bertz CT molecular complexity index is 468. The summed E-state index contributed by atoms with van der Waals surface area (Å²) in [6, 6.07) is 4.59. The van der Waals surface area contributed by atoms with Crippen molar-refractivity contribution in [3.05, 3.63) is 35.8 Å². The van der Waals surface area contributed by atoms with Gasteiger partial charge in [-0.3, -0.25) is 4.98 Å². The third-order valence-electron chi connectivity index (χ3n) is 1.95. The summed E-state index contributed by atoms with van der Waals surface area (Å²) in [6.45, 7) is 1.68. The number of halogens is 1. The molecule has 2 nitrogen and oxygen atoms in total. The third kappa shape index (κ3) is 1.33. The summed E-state index contributed by atoms with van der Waals surface area (Å²) >= 11 is 0. The van der Waals surface area contributed by atoms with Crippen molar-refractivity contribution in [2.45, 2.75) is 6.92 Å². The molecule has 0 aliphatic rings. The highest BCUT2D eigenvalue weighted by Gasteiger charge is 2.01. The normalized spacial score (nSPS) is 10.6. The zero-order chi connectivity index (χ0) is 9.42. The summed E-state index contributed by atoms with van der Waals surface area (Å²) < 4.78 is 13.0. The molecule has 0 amide bonds. The molecule has 1 aromatic carbocycles. The minimum absolute atomic E-state index is 0.0958. The average molecular weight is 177 g/mol. The van der Waals surface area contributed by atoms with Crippen LogP contribution in [-0.4, -0.2) is 10.1 Å². The quantitative estimate of drug-likeness (QED) is 0.670. The molecule has 66 valence electrons. The Morgan fingerprint density at radius 1 is 1.31 bits per heavy atom. The predicted octanol–water partition coefficient (Wildman–Crippen LogP) is 2.39. The van der Waals surface area contributed by atoms with Crippen LogP contribution in [0.25, 0.3) is 10.9 Å². The van der Waals surface area contributed by atoms with E-state index in [-0.39, 0.29) is 11.6 Å². The molecule has 1 aromatic heterocycles. The minimum atomic E-state index is -0.273. The van der Waals surface area contributed by atoms with Crippen LogP contribution in [0.3, 0.4) is 0 Å². The van der Waals surface area contributed by atoms with Gasteiger partial charge in [-0.1, -0.05) is 0 Å². The van der Waals surface area contributed by atoms with Gasteiger partial charge in [-0.25, -0.2) is 4.39 Å². The summed E-state index contributed by atoms with van der Waals surface area (Å²) in [5.74, 6) is -0.177. The number of rotatable bonds is 0.